The lowest BCUT2D eigenvalue weighted by Gasteiger charge is -2.27. The fourth-order valence-electron chi connectivity index (χ4n) is 3.90. The van der Waals surface area contributed by atoms with E-state index in [0.29, 0.717) is 42.4 Å². The number of methoxy groups -OCH3 is 1. The van der Waals surface area contributed by atoms with Crippen molar-refractivity contribution in [2.24, 2.45) is 0 Å². The molecule has 2 heterocycles. The van der Waals surface area contributed by atoms with E-state index in [0.717, 1.165) is 0 Å². The van der Waals surface area contributed by atoms with Gasteiger partial charge in [-0.05, 0) is 55.3 Å². The molecule has 3 aromatic rings. The van der Waals surface area contributed by atoms with Crippen molar-refractivity contribution in [2.75, 3.05) is 20.3 Å². The Labute approximate surface area is 191 Å². The summed E-state index contributed by atoms with van der Waals surface area (Å²) in [6.45, 7) is 2.47. The van der Waals surface area contributed by atoms with Gasteiger partial charge in [0.2, 0.25) is 5.78 Å². The van der Waals surface area contributed by atoms with E-state index in [2.05, 4.69) is 0 Å². The van der Waals surface area contributed by atoms with E-state index in [1.807, 2.05) is 30.3 Å². The van der Waals surface area contributed by atoms with Crippen LogP contribution in [0.25, 0.3) is 0 Å². The van der Waals surface area contributed by atoms with Crippen LogP contribution in [0.4, 0.5) is 0 Å². The zero-order valence-electron chi connectivity index (χ0n) is 18.5. The molecular weight excluding hydrogens is 422 g/mol. The van der Waals surface area contributed by atoms with Gasteiger partial charge in [0.25, 0.3) is 5.91 Å². The summed E-state index contributed by atoms with van der Waals surface area (Å²) < 4.78 is 16.6. The highest BCUT2D eigenvalue weighted by Gasteiger charge is 2.44. The van der Waals surface area contributed by atoms with Crippen LogP contribution in [0.3, 0.4) is 0 Å². The fourth-order valence-corrected chi connectivity index (χ4v) is 3.90. The first-order chi connectivity index (χ1) is 16.0. The van der Waals surface area contributed by atoms with E-state index in [4.69, 9.17) is 13.9 Å². The smallest absolute Gasteiger partial charge is 0.290 e. The second kappa shape index (κ2) is 9.75. The first kappa shape index (κ1) is 22.4. The number of rotatable bonds is 9. The largest absolute Gasteiger partial charge is 0.503 e. The van der Waals surface area contributed by atoms with Crippen molar-refractivity contribution in [3.8, 4) is 11.5 Å². The second-order valence-electron chi connectivity index (χ2n) is 7.74. The van der Waals surface area contributed by atoms with Gasteiger partial charge in [0, 0.05) is 20.3 Å². The van der Waals surface area contributed by atoms with Crippen molar-refractivity contribution in [2.45, 2.75) is 19.4 Å². The molecule has 0 saturated heterocycles. The number of para-hydroxylation sites is 1. The summed E-state index contributed by atoms with van der Waals surface area (Å²) in [5.41, 5.74) is 0.633. The number of hydrogen-bond acceptors (Lipinski definition) is 6. The minimum Gasteiger partial charge on any atom is -0.503 e. The maximum atomic E-state index is 13.3. The number of aliphatic hydroxyl groups is 1. The maximum absolute atomic E-state index is 13.3. The predicted molar refractivity (Wildman–Crippen MR) is 121 cm³/mol. The number of hydrogen-bond donors (Lipinski definition) is 1. The van der Waals surface area contributed by atoms with Gasteiger partial charge in [-0.2, -0.15) is 0 Å². The lowest BCUT2D eigenvalue weighted by Crippen LogP contribution is -2.32. The molecule has 7 heteroatoms. The summed E-state index contributed by atoms with van der Waals surface area (Å²) in [6, 6.07) is 18.9. The average Bonchev–Trinajstić information content (AvgIpc) is 3.36. The fraction of sp³-hybridized carbons (Fsp3) is 0.231. The Morgan fingerprint density at radius 1 is 1.06 bits per heavy atom. The lowest BCUT2D eigenvalue weighted by atomic mass is 9.95. The molecule has 7 nitrogen and oxygen atoms in total. The number of benzene rings is 2. The predicted octanol–water partition coefficient (Wildman–Crippen LogP) is 5.00. The molecule has 2 aromatic carbocycles. The van der Waals surface area contributed by atoms with Crippen LogP contribution in [-0.2, 0) is 9.53 Å². The average molecular weight is 447 g/mol. The van der Waals surface area contributed by atoms with Crippen LogP contribution in [0.5, 0.6) is 11.5 Å². The molecule has 1 amide bonds. The highest BCUT2D eigenvalue weighted by atomic mass is 16.5. The van der Waals surface area contributed by atoms with Crippen molar-refractivity contribution in [1.82, 2.24) is 4.90 Å². The highest BCUT2D eigenvalue weighted by molar-refractivity contribution is 6.15. The van der Waals surface area contributed by atoms with Crippen molar-refractivity contribution >= 4 is 11.7 Å². The second-order valence-corrected chi connectivity index (χ2v) is 7.74. The molecule has 1 N–H and O–H groups in total. The van der Waals surface area contributed by atoms with Crippen molar-refractivity contribution in [3.05, 3.63) is 95.1 Å². The summed E-state index contributed by atoms with van der Waals surface area (Å²) in [5.74, 6) is 0.159. The summed E-state index contributed by atoms with van der Waals surface area (Å²) >= 11 is 0. The number of nitrogens with zero attached hydrogens (tertiary/aromatic N) is 1. The lowest BCUT2D eigenvalue weighted by molar-refractivity contribution is -0.129. The molecule has 0 unspecified atom stereocenters. The third kappa shape index (κ3) is 4.68. The molecule has 1 aliphatic rings. The quantitative estimate of drug-likeness (QED) is 0.367. The minimum absolute atomic E-state index is 0.0105. The van der Waals surface area contributed by atoms with Crippen LogP contribution in [-0.4, -0.2) is 42.0 Å². The van der Waals surface area contributed by atoms with Crippen molar-refractivity contribution < 1.29 is 28.6 Å². The molecule has 1 atom stereocenters. The van der Waals surface area contributed by atoms with E-state index in [-0.39, 0.29) is 11.3 Å². The monoisotopic (exact) mass is 447 g/mol. The Bertz CT molecular complexity index is 1180. The Kier molecular flexibility index (Phi) is 6.60. The van der Waals surface area contributed by atoms with Gasteiger partial charge in [0.15, 0.2) is 11.5 Å². The Balaban J connectivity index is 1.72. The number of ether oxygens (including phenoxy) is 2. The van der Waals surface area contributed by atoms with E-state index < -0.39 is 23.5 Å². The highest BCUT2D eigenvalue weighted by Crippen LogP contribution is 2.40. The zero-order valence-corrected chi connectivity index (χ0v) is 18.5. The van der Waals surface area contributed by atoms with E-state index in [1.165, 1.54) is 4.90 Å². The Morgan fingerprint density at radius 3 is 2.52 bits per heavy atom. The minimum atomic E-state index is -0.786. The number of aliphatic hydroxyl groups excluding tert-OH is 1. The van der Waals surface area contributed by atoms with E-state index in [9.17, 15) is 14.7 Å². The summed E-state index contributed by atoms with van der Waals surface area (Å²) in [5, 5.41) is 10.7. The third-order valence-corrected chi connectivity index (χ3v) is 5.41. The van der Waals surface area contributed by atoms with Crippen LogP contribution in [0.2, 0.25) is 0 Å². The van der Waals surface area contributed by atoms with Gasteiger partial charge in [-0.3, -0.25) is 9.59 Å². The summed E-state index contributed by atoms with van der Waals surface area (Å²) in [6.07, 6.45) is 0.549. The molecule has 0 aliphatic carbocycles. The van der Waals surface area contributed by atoms with Gasteiger partial charge in [0.1, 0.15) is 17.3 Å². The first-order valence-electron chi connectivity index (χ1n) is 10.7. The van der Waals surface area contributed by atoms with Gasteiger partial charge in [0.05, 0.1) is 11.6 Å². The van der Waals surface area contributed by atoms with E-state index >= 15 is 0 Å². The molecule has 0 radical (unpaired) electrons. The number of ketones is 1. The van der Waals surface area contributed by atoms with E-state index in [1.54, 1.807) is 50.4 Å². The van der Waals surface area contributed by atoms with Gasteiger partial charge >= 0.3 is 0 Å². The molecule has 0 spiro atoms. The normalized spacial score (nSPS) is 15.9. The molecule has 0 bridgehead atoms. The number of carbonyl (C=O) groups excluding carboxylic acids is 2. The van der Waals surface area contributed by atoms with Gasteiger partial charge in [-0.25, -0.2) is 0 Å². The molecule has 0 fully saturated rings. The van der Waals surface area contributed by atoms with Crippen LogP contribution in [0.1, 0.15) is 34.3 Å². The topological polar surface area (TPSA) is 89.2 Å². The van der Waals surface area contributed by atoms with Gasteiger partial charge in [-0.1, -0.05) is 30.3 Å². The number of Topliss-reactive ketones (excluding diaryl/α,β-unsaturated/α-hetero) is 1. The SMILES string of the molecule is COCCCN1C(=O)C(O)=C(C(=O)c2ccc(C)o2)[C@@H]1c1cccc(Oc2ccccc2)c1. The molecule has 0 saturated carbocycles. The van der Waals surface area contributed by atoms with Crippen molar-refractivity contribution in [1.29, 1.82) is 0 Å². The van der Waals surface area contributed by atoms with Gasteiger partial charge < -0.3 is 23.9 Å². The number of amides is 1. The maximum Gasteiger partial charge on any atom is 0.290 e. The molecule has 170 valence electrons. The number of furan rings is 1. The standard InChI is InChI=1S/C26H25NO6/c1-17-12-13-21(32-17)24(28)22-23(27(14-7-15-31-2)26(30)25(22)29)18-8-6-11-20(16-18)33-19-9-4-3-5-10-19/h3-6,8-13,16,23,29H,7,14-15H2,1-2H3/t23-/m0/s1. The Morgan fingerprint density at radius 2 is 1.82 bits per heavy atom. The molecule has 33 heavy (non-hydrogen) atoms. The summed E-state index contributed by atoms with van der Waals surface area (Å²) in [4.78, 5) is 27.8. The van der Waals surface area contributed by atoms with Crippen LogP contribution < -0.4 is 4.74 Å². The number of aryl methyl sites for hydroxylation is 1. The molecular formula is C26H25NO6. The van der Waals surface area contributed by atoms with Crippen LogP contribution in [0.15, 0.2) is 82.5 Å². The molecule has 4 rings (SSSR count). The zero-order chi connectivity index (χ0) is 23.4. The molecule has 1 aromatic heterocycles. The first-order valence-corrected chi connectivity index (χ1v) is 10.7. The third-order valence-electron chi connectivity index (χ3n) is 5.41. The number of carbonyl (C=O) groups is 2. The summed E-state index contributed by atoms with van der Waals surface area (Å²) in [7, 11) is 1.58. The van der Waals surface area contributed by atoms with Crippen LogP contribution in [0, 0.1) is 6.92 Å². The van der Waals surface area contributed by atoms with Crippen LogP contribution >= 0.6 is 0 Å². The van der Waals surface area contributed by atoms with Gasteiger partial charge in [-0.15, -0.1) is 0 Å². The Hall–Kier alpha value is -3.84. The molecule has 1 aliphatic heterocycles. The van der Waals surface area contributed by atoms with Crippen molar-refractivity contribution in [3.63, 3.8) is 0 Å².